The van der Waals surface area contributed by atoms with Gasteiger partial charge in [0.15, 0.2) is 0 Å². The average molecular weight is 585 g/mol. The molecule has 0 saturated heterocycles. The molecular weight excluding hydrogens is 543 g/mol. The van der Waals surface area contributed by atoms with E-state index in [9.17, 15) is 26.7 Å². The van der Waals surface area contributed by atoms with E-state index >= 15 is 0 Å². The van der Waals surface area contributed by atoms with Gasteiger partial charge in [-0.25, -0.2) is 0 Å². The molecule has 0 atom stereocenters. The second-order valence-electron chi connectivity index (χ2n) is 10.8. The summed E-state index contributed by atoms with van der Waals surface area (Å²) in [6, 6.07) is 15.0. The number of carbonyl (C=O) groups excluding carboxylic acids is 1. The molecule has 9 heteroatoms. The van der Waals surface area contributed by atoms with Crippen LogP contribution in [0.5, 0.6) is 11.5 Å². The topological polar surface area (TPSA) is 44.8 Å². The highest BCUT2D eigenvalue weighted by Gasteiger charge is 2.57. The van der Waals surface area contributed by atoms with Crippen molar-refractivity contribution in [3.8, 4) is 22.6 Å². The van der Waals surface area contributed by atoms with E-state index < -0.39 is 36.7 Å². The van der Waals surface area contributed by atoms with Gasteiger partial charge in [0.05, 0.1) is 18.6 Å². The Morgan fingerprint density at radius 1 is 0.732 bits per heavy atom. The van der Waals surface area contributed by atoms with E-state index in [2.05, 4.69) is 6.92 Å². The van der Waals surface area contributed by atoms with Gasteiger partial charge in [-0.1, -0.05) is 76.1 Å². The number of alkyl halides is 5. The van der Waals surface area contributed by atoms with E-state index in [-0.39, 0.29) is 12.8 Å². The van der Waals surface area contributed by atoms with Gasteiger partial charge in [0.25, 0.3) is 0 Å². The maximum atomic E-state index is 13.1. The Bertz CT molecular complexity index is 1030. The third-order valence-corrected chi connectivity index (χ3v) is 7.45. The van der Waals surface area contributed by atoms with Crippen LogP contribution in [0.2, 0.25) is 0 Å². The number of hydrogen-bond acceptors (Lipinski definition) is 4. The highest BCUT2D eigenvalue weighted by atomic mass is 19.4. The Kier molecular flexibility index (Phi) is 12.9. The molecule has 41 heavy (non-hydrogen) atoms. The van der Waals surface area contributed by atoms with Crippen molar-refractivity contribution in [2.24, 2.45) is 5.92 Å². The van der Waals surface area contributed by atoms with Gasteiger partial charge in [-0.3, -0.25) is 4.79 Å². The first-order chi connectivity index (χ1) is 19.6. The summed E-state index contributed by atoms with van der Waals surface area (Å²) in [5, 5.41) is 0. The first kappa shape index (κ1) is 32.8. The fourth-order valence-electron chi connectivity index (χ4n) is 4.85. The minimum Gasteiger partial charge on any atom is -0.494 e. The summed E-state index contributed by atoms with van der Waals surface area (Å²) in [7, 11) is 0. The normalized spacial score (nSPS) is 17.8. The smallest absolute Gasteiger partial charge is 0.455 e. The first-order valence-electron chi connectivity index (χ1n) is 14.7. The molecule has 0 N–H and O–H groups in total. The minimum atomic E-state index is -5.64. The monoisotopic (exact) mass is 584 g/mol. The highest BCUT2D eigenvalue weighted by molar-refractivity contribution is 5.75. The quantitative estimate of drug-likeness (QED) is 0.0853. The molecule has 1 saturated carbocycles. The zero-order valence-electron chi connectivity index (χ0n) is 23.7. The third kappa shape index (κ3) is 10.9. The number of ether oxygens (including phenoxy) is 3. The van der Waals surface area contributed by atoms with Crippen molar-refractivity contribution < 1.29 is 41.0 Å². The Morgan fingerprint density at radius 3 is 1.78 bits per heavy atom. The molecular formula is C32H41F5O4. The van der Waals surface area contributed by atoms with Gasteiger partial charge in [0.1, 0.15) is 18.1 Å². The molecule has 2 aromatic carbocycles. The summed E-state index contributed by atoms with van der Waals surface area (Å²) in [6.07, 6.45) is 4.68. The Hall–Kier alpha value is -2.68. The minimum absolute atomic E-state index is 0.214. The van der Waals surface area contributed by atoms with Gasteiger partial charge in [0.2, 0.25) is 0 Å². The van der Waals surface area contributed by atoms with E-state index in [0.717, 1.165) is 23.3 Å². The summed E-state index contributed by atoms with van der Waals surface area (Å²) >= 11 is 0. The van der Waals surface area contributed by atoms with Gasteiger partial charge in [-0.2, -0.15) is 22.0 Å². The molecule has 0 spiro atoms. The van der Waals surface area contributed by atoms with Crippen LogP contribution in [0.15, 0.2) is 48.5 Å². The zero-order chi connectivity index (χ0) is 29.7. The molecule has 0 unspecified atom stereocenters. The lowest BCUT2D eigenvalue weighted by Gasteiger charge is -2.29. The Balaban J connectivity index is 1.36. The van der Waals surface area contributed by atoms with Crippen molar-refractivity contribution in [2.45, 2.75) is 102 Å². The van der Waals surface area contributed by atoms with Crippen molar-refractivity contribution >= 4 is 5.97 Å². The molecule has 0 heterocycles. The molecule has 0 aliphatic heterocycles. The fourth-order valence-corrected chi connectivity index (χ4v) is 4.85. The second kappa shape index (κ2) is 16.1. The van der Waals surface area contributed by atoms with Crippen molar-refractivity contribution in [3.63, 3.8) is 0 Å². The highest BCUT2D eigenvalue weighted by Crippen LogP contribution is 2.37. The number of carbonyl (C=O) groups is 1. The zero-order valence-corrected chi connectivity index (χ0v) is 23.7. The predicted octanol–water partition coefficient (Wildman–Crippen LogP) is 9.55. The summed E-state index contributed by atoms with van der Waals surface area (Å²) in [5.41, 5.74) is 1.95. The molecule has 0 bridgehead atoms. The van der Waals surface area contributed by atoms with E-state index in [1.54, 1.807) is 12.1 Å². The van der Waals surface area contributed by atoms with Crippen LogP contribution in [-0.4, -0.2) is 37.4 Å². The lowest BCUT2D eigenvalue weighted by molar-refractivity contribution is -0.300. The Morgan fingerprint density at radius 2 is 1.24 bits per heavy atom. The summed E-state index contributed by atoms with van der Waals surface area (Å²) < 4.78 is 79.2. The van der Waals surface area contributed by atoms with Crippen LogP contribution in [0.1, 0.15) is 84.0 Å². The average Bonchev–Trinajstić information content (AvgIpc) is 2.96. The van der Waals surface area contributed by atoms with Gasteiger partial charge >= 0.3 is 18.1 Å². The maximum Gasteiger partial charge on any atom is 0.455 e. The Labute approximate surface area is 239 Å². The lowest BCUT2D eigenvalue weighted by atomic mass is 9.87. The molecule has 0 amide bonds. The van der Waals surface area contributed by atoms with Crippen LogP contribution in [0.4, 0.5) is 22.0 Å². The number of unbranched alkanes of at least 4 members (excludes halogenated alkanes) is 7. The van der Waals surface area contributed by atoms with E-state index in [1.165, 1.54) is 44.9 Å². The van der Waals surface area contributed by atoms with Crippen LogP contribution >= 0.6 is 0 Å². The number of benzene rings is 2. The van der Waals surface area contributed by atoms with Crippen LogP contribution in [0.3, 0.4) is 0 Å². The standard InChI is InChI=1S/C32H41F5O4/c1-2-3-4-5-6-7-8-9-22-39-27-16-10-24(11-17-27)25-12-20-29(21-13-25)41-30(38)26-14-18-28(19-15-26)40-23-31(33,34)32(35,36)37/h10-13,16-17,20-21,26,28H,2-9,14-15,18-19,22-23H2,1H3/t26-,28-. The van der Waals surface area contributed by atoms with Crippen LogP contribution in [-0.2, 0) is 9.53 Å². The summed E-state index contributed by atoms with van der Waals surface area (Å²) in [6.45, 7) is 1.22. The van der Waals surface area contributed by atoms with E-state index in [4.69, 9.17) is 14.2 Å². The lowest BCUT2D eigenvalue weighted by Crippen LogP contribution is -2.42. The molecule has 0 radical (unpaired) electrons. The van der Waals surface area contributed by atoms with Crippen LogP contribution in [0, 0.1) is 5.92 Å². The van der Waals surface area contributed by atoms with Gasteiger partial charge in [0, 0.05) is 0 Å². The molecule has 1 aliphatic carbocycles. The van der Waals surface area contributed by atoms with Crippen LogP contribution in [0.25, 0.3) is 11.1 Å². The van der Waals surface area contributed by atoms with E-state index in [1.807, 2.05) is 36.4 Å². The molecule has 0 aromatic heterocycles. The SMILES string of the molecule is CCCCCCCCCCOc1ccc(-c2ccc(OC(=O)[C@H]3CC[C@H](OCC(F)(F)C(F)(F)F)CC3)cc2)cc1. The summed E-state index contributed by atoms with van der Waals surface area (Å²) in [4.78, 5) is 12.6. The van der Waals surface area contributed by atoms with Crippen molar-refractivity contribution in [1.29, 1.82) is 0 Å². The number of hydrogen-bond donors (Lipinski definition) is 0. The molecule has 228 valence electrons. The first-order valence-corrected chi connectivity index (χ1v) is 14.7. The maximum absolute atomic E-state index is 13.1. The van der Waals surface area contributed by atoms with Crippen molar-refractivity contribution in [3.05, 3.63) is 48.5 Å². The molecule has 2 aromatic rings. The molecule has 1 aliphatic rings. The molecule has 4 nitrogen and oxygen atoms in total. The van der Waals surface area contributed by atoms with Crippen molar-refractivity contribution in [1.82, 2.24) is 0 Å². The molecule has 1 fully saturated rings. The fraction of sp³-hybridized carbons (Fsp3) is 0.594. The number of esters is 1. The second-order valence-corrected chi connectivity index (χ2v) is 10.8. The van der Waals surface area contributed by atoms with Gasteiger partial charge in [-0.05, 0) is 67.5 Å². The predicted molar refractivity (Wildman–Crippen MR) is 148 cm³/mol. The number of halogens is 5. The number of rotatable bonds is 16. The summed E-state index contributed by atoms with van der Waals surface area (Å²) in [5.74, 6) is -4.59. The van der Waals surface area contributed by atoms with Gasteiger partial charge < -0.3 is 14.2 Å². The van der Waals surface area contributed by atoms with E-state index in [0.29, 0.717) is 25.2 Å². The third-order valence-electron chi connectivity index (χ3n) is 7.45. The van der Waals surface area contributed by atoms with Crippen molar-refractivity contribution in [2.75, 3.05) is 13.2 Å². The van der Waals surface area contributed by atoms with Crippen LogP contribution < -0.4 is 9.47 Å². The largest absolute Gasteiger partial charge is 0.494 e. The molecule has 3 rings (SSSR count). The van der Waals surface area contributed by atoms with Gasteiger partial charge in [-0.15, -0.1) is 0 Å².